The van der Waals surface area contributed by atoms with Crippen LogP contribution in [0, 0.1) is 5.92 Å². The lowest BCUT2D eigenvalue weighted by atomic mass is 9.80. The smallest absolute Gasteiger partial charge is 0.331 e. The van der Waals surface area contributed by atoms with Crippen molar-refractivity contribution in [2.45, 2.75) is 12.0 Å². The van der Waals surface area contributed by atoms with Crippen molar-refractivity contribution in [3.8, 4) is 5.75 Å². The second kappa shape index (κ2) is 13.0. The standard InChI is InChI=1S/C29H29NO7/c1-34-22-17-15-19(16-18-22)23(24(27(31)35-2)28(32)36-3)26(29(33)37-4)30-25(20-11-7-5-8-12-20)21-13-9-6-10-14-21/h5-18,23-24,26H,1-4H3/t23-,26-/m1/s1. The van der Waals surface area contributed by atoms with Gasteiger partial charge in [-0.05, 0) is 17.7 Å². The van der Waals surface area contributed by atoms with Crippen molar-refractivity contribution in [2.75, 3.05) is 28.4 Å². The van der Waals surface area contributed by atoms with Gasteiger partial charge in [-0.25, -0.2) is 4.79 Å². The molecule has 0 amide bonds. The Morgan fingerprint density at radius 3 is 1.49 bits per heavy atom. The Morgan fingerprint density at radius 1 is 0.622 bits per heavy atom. The highest BCUT2D eigenvalue weighted by molar-refractivity contribution is 6.13. The van der Waals surface area contributed by atoms with Crippen LogP contribution in [0.4, 0.5) is 0 Å². The van der Waals surface area contributed by atoms with Crippen LogP contribution < -0.4 is 4.74 Å². The molecule has 3 aromatic rings. The van der Waals surface area contributed by atoms with Gasteiger partial charge in [0.2, 0.25) is 0 Å². The van der Waals surface area contributed by atoms with Crippen LogP contribution in [0.1, 0.15) is 22.6 Å². The molecule has 0 N–H and O–H groups in total. The van der Waals surface area contributed by atoms with E-state index in [1.165, 1.54) is 28.4 Å². The lowest BCUT2D eigenvalue weighted by Crippen LogP contribution is -2.41. The molecule has 0 aromatic heterocycles. The average Bonchev–Trinajstić information content (AvgIpc) is 2.96. The third kappa shape index (κ3) is 6.41. The normalized spacial score (nSPS) is 12.1. The summed E-state index contributed by atoms with van der Waals surface area (Å²) in [6, 6.07) is 24.0. The number of nitrogens with zero attached hydrogens (tertiary/aromatic N) is 1. The molecule has 0 radical (unpaired) electrons. The molecule has 0 heterocycles. The van der Waals surface area contributed by atoms with Crippen molar-refractivity contribution in [2.24, 2.45) is 10.9 Å². The Morgan fingerprint density at radius 2 is 1.08 bits per heavy atom. The Kier molecular flexibility index (Phi) is 9.55. The summed E-state index contributed by atoms with van der Waals surface area (Å²) < 4.78 is 20.3. The van der Waals surface area contributed by atoms with Crippen LogP contribution in [0.3, 0.4) is 0 Å². The van der Waals surface area contributed by atoms with Crippen LogP contribution >= 0.6 is 0 Å². The molecule has 0 saturated heterocycles. The summed E-state index contributed by atoms with van der Waals surface area (Å²) in [6.45, 7) is 0. The number of hydrogen-bond acceptors (Lipinski definition) is 8. The van der Waals surface area contributed by atoms with Gasteiger partial charge in [-0.2, -0.15) is 0 Å². The van der Waals surface area contributed by atoms with E-state index in [1.54, 1.807) is 24.3 Å². The molecule has 192 valence electrons. The minimum atomic E-state index is -1.50. The maximum Gasteiger partial charge on any atom is 0.331 e. The monoisotopic (exact) mass is 503 g/mol. The molecule has 37 heavy (non-hydrogen) atoms. The zero-order chi connectivity index (χ0) is 26.8. The number of rotatable bonds is 10. The van der Waals surface area contributed by atoms with Gasteiger partial charge in [0, 0.05) is 17.0 Å². The van der Waals surface area contributed by atoms with E-state index in [0.717, 1.165) is 11.1 Å². The molecule has 0 aliphatic carbocycles. The van der Waals surface area contributed by atoms with Gasteiger partial charge in [0.25, 0.3) is 0 Å². The summed E-state index contributed by atoms with van der Waals surface area (Å²) in [5.41, 5.74) is 2.44. The predicted molar refractivity (Wildman–Crippen MR) is 138 cm³/mol. The van der Waals surface area contributed by atoms with Crippen molar-refractivity contribution in [3.63, 3.8) is 0 Å². The third-order valence-electron chi connectivity index (χ3n) is 5.92. The van der Waals surface area contributed by atoms with Crippen LogP contribution in [0.2, 0.25) is 0 Å². The van der Waals surface area contributed by atoms with E-state index in [-0.39, 0.29) is 0 Å². The third-order valence-corrected chi connectivity index (χ3v) is 5.92. The molecule has 0 aliphatic rings. The number of carbonyl (C=O) groups excluding carboxylic acids is 3. The van der Waals surface area contributed by atoms with E-state index in [9.17, 15) is 14.4 Å². The van der Waals surface area contributed by atoms with Gasteiger partial charge in [0.15, 0.2) is 12.0 Å². The van der Waals surface area contributed by atoms with Crippen molar-refractivity contribution in [1.29, 1.82) is 0 Å². The first-order chi connectivity index (χ1) is 17.9. The molecule has 8 nitrogen and oxygen atoms in total. The molecule has 8 heteroatoms. The SMILES string of the molecule is COC(=O)C(C(=O)OC)[C@@H](c1ccc(OC)cc1)[C@@H](N=C(c1ccccc1)c1ccccc1)C(=O)OC. The number of esters is 3. The van der Waals surface area contributed by atoms with Crippen LogP contribution in [0.25, 0.3) is 0 Å². The zero-order valence-corrected chi connectivity index (χ0v) is 21.1. The summed E-state index contributed by atoms with van der Waals surface area (Å²) in [7, 11) is 5.08. The fourth-order valence-electron chi connectivity index (χ4n) is 4.07. The Hall–Kier alpha value is -4.46. The molecular formula is C29H29NO7. The highest BCUT2D eigenvalue weighted by Gasteiger charge is 2.45. The number of carbonyl (C=O) groups is 3. The van der Waals surface area contributed by atoms with Crippen LogP contribution in [-0.2, 0) is 28.6 Å². The molecule has 3 aromatic carbocycles. The minimum absolute atomic E-state index is 0.473. The van der Waals surface area contributed by atoms with E-state index in [1.807, 2.05) is 60.7 Å². The zero-order valence-electron chi connectivity index (χ0n) is 21.1. The van der Waals surface area contributed by atoms with Gasteiger partial charge in [-0.3, -0.25) is 14.6 Å². The number of aliphatic imine (C=N–C) groups is 1. The topological polar surface area (TPSA) is 100 Å². The molecule has 0 unspecified atom stereocenters. The number of ether oxygens (including phenoxy) is 4. The summed E-state index contributed by atoms with van der Waals surface area (Å²) in [6.07, 6.45) is 0. The average molecular weight is 504 g/mol. The summed E-state index contributed by atoms with van der Waals surface area (Å²) in [5, 5.41) is 0. The maximum absolute atomic E-state index is 13.3. The Balaban J connectivity index is 2.32. The molecule has 0 fully saturated rings. The Labute approximate surface area is 215 Å². The van der Waals surface area contributed by atoms with E-state index < -0.39 is 35.8 Å². The van der Waals surface area contributed by atoms with Gasteiger partial charge in [-0.1, -0.05) is 72.8 Å². The molecule has 0 aliphatic heterocycles. The van der Waals surface area contributed by atoms with Crippen LogP contribution in [-0.4, -0.2) is 58.1 Å². The van der Waals surface area contributed by atoms with Crippen molar-refractivity contribution in [3.05, 3.63) is 102 Å². The predicted octanol–water partition coefficient (Wildman–Crippen LogP) is 3.82. The second-order valence-electron chi connectivity index (χ2n) is 8.00. The van der Waals surface area contributed by atoms with Gasteiger partial charge in [0.1, 0.15) is 5.75 Å². The van der Waals surface area contributed by atoms with Gasteiger partial charge in [0.05, 0.1) is 34.2 Å². The van der Waals surface area contributed by atoms with E-state index >= 15 is 0 Å². The molecule has 2 atom stereocenters. The quantitative estimate of drug-likeness (QED) is 0.179. The fraction of sp³-hybridized carbons (Fsp3) is 0.241. The maximum atomic E-state index is 13.3. The van der Waals surface area contributed by atoms with Crippen molar-refractivity contribution < 1.29 is 33.3 Å². The van der Waals surface area contributed by atoms with Crippen molar-refractivity contribution >= 4 is 23.6 Å². The van der Waals surface area contributed by atoms with E-state index in [0.29, 0.717) is 17.0 Å². The molecule has 0 saturated carbocycles. The summed E-state index contributed by atoms with van der Waals surface area (Å²) in [5.74, 6) is -4.51. The van der Waals surface area contributed by atoms with E-state index in [2.05, 4.69) is 0 Å². The van der Waals surface area contributed by atoms with Gasteiger partial charge in [-0.15, -0.1) is 0 Å². The molecule has 0 bridgehead atoms. The number of methoxy groups -OCH3 is 4. The van der Waals surface area contributed by atoms with E-state index in [4.69, 9.17) is 23.9 Å². The molecule has 3 rings (SSSR count). The lowest BCUT2D eigenvalue weighted by Gasteiger charge is -2.28. The highest BCUT2D eigenvalue weighted by atomic mass is 16.5. The second-order valence-corrected chi connectivity index (χ2v) is 8.00. The first-order valence-corrected chi connectivity index (χ1v) is 11.5. The number of hydrogen-bond donors (Lipinski definition) is 0. The molecule has 0 spiro atoms. The fourth-order valence-corrected chi connectivity index (χ4v) is 4.07. The lowest BCUT2D eigenvalue weighted by molar-refractivity contribution is -0.161. The largest absolute Gasteiger partial charge is 0.497 e. The van der Waals surface area contributed by atoms with Crippen LogP contribution in [0.5, 0.6) is 5.75 Å². The van der Waals surface area contributed by atoms with Gasteiger partial charge < -0.3 is 18.9 Å². The minimum Gasteiger partial charge on any atom is -0.497 e. The summed E-state index contributed by atoms with van der Waals surface area (Å²) >= 11 is 0. The van der Waals surface area contributed by atoms with Gasteiger partial charge >= 0.3 is 17.9 Å². The number of benzene rings is 3. The van der Waals surface area contributed by atoms with Crippen molar-refractivity contribution in [1.82, 2.24) is 0 Å². The molecular weight excluding hydrogens is 474 g/mol. The summed E-state index contributed by atoms with van der Waals surface area (Å²) in [4.78, 5) is 44.1. The van der Waals surface area contributed by atoms with Crippen LogP contribution in [0.15, 0.2) is 89.9 Å². The first kappa shape index (κ1) is 27.1. The first-order valence-electron chi connectivity index (χ1n) is 11.5. The highest BCUT2D eigenvalue weighted by Crippen LogP contribution is 2.35. The Bertz CT molecular complexity index is 1170.